The summed E-state index contributed by atoms with van der Waals surface area (Å²) in [7, 11) is 3.14. The van der Waals surface area contributed by atoms with Crippen LogP contribution in [0.4, 0.5) is 10.5 Å². The van der Waals surface area contributed by atoms with E-state index < -0.39 is 12.1 Å². The molecule has 2 aromatic carbocycles. The molecule has 1 aromatic heterocycles. The second kappa shape index (κ2) is 13.0. The van der Waals surface area contributed by atoms with Crippen LogP contribution in [0.1, 0.15) is 43.5 Å². The van der Waals surface area contributed by atoms with Gasteiger partial charge in [0.05, 0.1) is 13.3 Å². The molecule has 2 aliphatic heterocycles. The molecule has 1 N–H and O–H groups in total. The zero-order valence-corrected chi connectivity index (χ0v) is 23.1. The Balaban J connectivity index is 1.36. The molecule has 0 bridgehead atoms. The smallest absolute Gasteiger partial charge is 0.406 e. The maximum absolute atomic E-state index is 14.1. The number of nitrogens with one attached hydrogen (secondary N) is 1. The Morgan fingerprint density at radius 3 is 2.70 bits per heavy atom. The lowest BCUT2D eigenvalue weighted by molar-refractivity contribution is -0.123. The summed E-state index contributed by atoms with van der Waals surface area (Å²) in [5.41, 5.74) is 3.73. The second-order valence-corrected chi connectivity index (χ2v) is 10.0. The molecule has 2 atom stereocenters. The molecular weight excluding hydrogens is 510 g/mol. The number of ether oxygens (including phenoxy) is 3. The standard InChI is InChI=1S/C30H37N5O5/c1-31-30(37)40-18-16-33-14-6-15-34(29(36)28(33)23-7-5-8-26(19-23)38-2)25-12-10-22(11-13-25)24-20-32-35(21-24)27-9-3-4-17-39-27/h5,7-8,10-13,19-21,27-28H,3-4,6,9,14-18H2,1-2H3,(H,31,37). The van der Waals surface area contributed by atoms with Gasteiger partial charge in [-0.05, 0) is 61.1 Å². The summed E-state index contributed by atoms with van der Waals surface area (Å²) in [6.45, 7) is 2.65. The highest BCUT2D eigenvalue weighted by Gasteiger charge is 2.35. The summed E-state index contributed by atoms with van der Waals surface area (Å²) in [4.78, 5) is 29.7. The van der Waals surface area contributed by atoms with Crippen molar-refractivity contribution in [2.75, 3.05) is 51.9 Å². The van der Waals surface area contributed by atoms with E-state index in [9.17, 15) is 9.59 Å². The van der Waals surface area contributed by atoms with Crippen LogP contribution in [0.25, 0.3) is 11.1 Å². The van der Waals surface area contributed by atoms with Crippen LogP contribution < -0.4 is 15.0 Å². The van der Waals surface area contributed by atoms with Crippen molar-refractivity contribution in [1.82, 2.24) is 20.0 Å². The number of carbonyl (C=O) groups excluding carboxylic acids is 2. The molecule has 2 amide bonds. The Bertz CT molecular complexity index is 1290. The van der Waals surface area contributed by atoms with E-state index in [-0.39, 0.29) is 18.7 Å². The van der Waals surface area contributed by atoms with Crippen molar-refractivity contribution in [2.45, 2.75) is 38.0 Å². The van der Waals surface area contributed by atoms with Gasteiger partial charge in [-0.15, -0.1) is 0 Å². The summed E-state index contributed by atoms with van der Waals surface area (Å²) in [6, 6.07) is 15.1. The Kier molecular flexibility index (Phi) is 8.98. The summed E-state index contributed by atoms with van der Waals surface area (Å²) in [6.07, 6.45) is 7.39. The van der Waals surface area contributed by atoms with Crippen LogP contribution >= 0.6 is 0 Å². The van der Waals surface area contributed by atoms with Gasteiger partial charge < -0.3 is 24.4 Å². The Hall–Kier alpha value is -3.89. The molecule has 5 rings (SSSR count). The minimum Gasteiger partial charge on any atom is -0.497 e. The fourth-order valence-electron chi connectivity index (χ4n) is 5.38. The van der Waals surface area contributed by atoms with Crippen LogP contribution in [0.5, 0.6) is 5.75 Å². The lowest BCUT2D eigenvalue weighted by atomic mass is 10.0. The predicted molar refractivity (Wildman–Crippen MR) is 151 cm³/mol. The first kappa shape index (κ1) is 27.7. The molecule has 2 saturated heterocycles. The first-order valence-corrected chi connectivity index (χ1v) is 13.9. The van der Waals surface area contributed by atoms with Crippen LogP contribution in [-0.2, 0) is 14.3 Å². The summed E-state index contributed by atoms with van der Waals surface area (Å²) < 4.78 is 18.5. The molecule has 3 aromatic rings. The van der Waals surface area contributed by atoms with Gasteiger partial charge in [-0.2, -0.15) is 5.10 Å². The van der Waals surface area contributed by atoms with Crippen molar-refractivity contribution >= 4 is 17.7 Å². The quantitative estimate of drug-likeness (QED) is 0.447. The molecule has 40 heavy (non-hydrogen) atoms. The van der Waals surface area contributed by atoms with E-state index in [2.05, 4.69) is 15.3 Å². The fourth-order valence-corrected chi connectivity index (χ4v) is 5.38. The van der Waals surface area contributed by atoms with Gasteiger partial charge in [0.2, 0.25) is 5.91 Å². The van der Waals surface area contributed by atoms with E-state index in [1.165, 1.54) is 7.05 Å². The summed E-state index contributed by atoms with van der Waals surface area (Å²) in [5.74, 6) is 0.659. The van der Waals surface area contributed by atoms with Gasteiger partial charge >= 0.3 is 6.09 Å². The van der Waals surface area contributed by atoms with E-state index in [1.54, 1.807) is 7.11 Å². The third-order valence-electron chi connectivity index (χ3n) is 7.48. The minimum atomic E-state index is -0.542. The zero-order chi connectivity index (χ0) is 27.9. The third kappa shape index (κ3) is 6.29. The second-order valence-electron chi connectivity index (χ2n) is 10.0. The maximum Gasteiger partial charge on any atom is 0.406 e. The topological polar surface area (TPSA) is 98.2 Å². The van der Waals surface area contributed by atoms with Gasteiger partial charge in [-0.3, -0.25) is 9.69 Å². The average Bonchev–Trinajstić information content (AvgIpc) is 3.44. The van der Waals surface area contributed by atoms with E-state index in [4.69, 9.17) is 14.2 Å². The number of nitrogens with zero attached hydrogens (tertiary/aromatic N) is 4. The van der Waals surface area contributed by atoms with Crippen LogP contribution in [0, 0.1) is 0 Å². The summed E-state index contributed by atoms with van der Waals surface area (Å²) >= 11 is 0. The number of carbonyl (C=O) groups is 2. The average molecular weight is 548 g/mol. The third-order valence-corrected chi connectivity index (χ3v) is 7.48. The van der Waals surface area contributed by atoms with Crippen molar-refractivity contribution in [3.63, 3.8) is 0 Å². The first-order chi connectivity index (χ1) is 19.6. The molecule has 2 fully saturated rings. The number of hydrogen-bond donors (Lipinski definition) is 1. The van der Waals surface area contributed by atoms with Crippen molar-refractivity contribution in [2.24, 2.45) is 0 Å². The van der Waals surface area contributed by atoms with Crippen molar-refractivity contribution in [1.29, 1.82) is 0 Å². The normalized spacial score (nSPS) is 20.1. The van der Waals surface area contributed by atoms with Crippen LogP contribution in [0.2, 0.25) is 0 Å². The molecule has 10 heteroatoms. The number of methoxy groups -OCH3 is 1. The predicted octanol–water partition coefficient (Wildman–Crippen LogP) is 4.39. The molecular formula is C30H37N5O5. The number of alkyl carbamates (subject to hydrolysis) is 1. The fraction of sp³-hybridized carbons (Fsp3) is 0.433. The largest absolute Gasteiger partial charge is 0.497 e. The van der Waals surface area contributed by atoms with E-state index in [0.717, 1.165) is 54.7 Å². The Labute approximate surface area is 234 Å². The molecule has 0 saturated carbocycles. The summed E-state index contributed by atoms with van der Waals surface area (Å²) in [5, 5.41) is 7.00. The zero-order valence-electron chi connectivity index (χ0n) is 23.1. The van der Waals surface area contributed by atoms with Crippen molar-refractivity contribution < 1.29 is 23.8 Å². The molecule has 212 valence electrons. The highest BCUT2D eigenvalue weighted by Crippen LogP contribution is 2.32. The molecule has 2 aliphatic rings. The van der Waals surface area contributed by atoms with Gasteiger partial charge in [0.25, 0.3) is 0 Å². The number of anilines is 1. The van der Waals surface area contributed by atoms with Gasteiger partial charge in [-0.25, -0.2) is 9.48 Å². The Morgan fingerprint density at radius 2 is 1.95 bits per heavy atom. The molecule has 0 spiro atoms. The molecule has 2 unspecified atom stereocenters. The number of hydrogen-bond acceptors (Lipinski definition) is 7. The highest BCUT2D eigenvalue weighted by molar-refractivity contribution is 5.98. The first-order valence-electron chi connectivity index (χ1n) is 13.9. The molecule has 3 heterocycles. The van der Waals surface area contributed by atoms with Crippen LogP contribution in [0.3, 0.4) is 0 Å². The Morgan fingerprint density at radius 1 is 1.10 bits per heavy atom. The van der Waals surface area contributed by atoms with Crippen molar-refractivity contribution in [3.8, 4) is 16.9 Å². The highest BCUT2D eigenvalue weighted by atomic mass is 16.5. The lowest BCUT2D eigenvalue weighted by Gasteiger charge is -2.31. The van der Waals surface area contributed by atoms with Crippen molar-refractivity contribution in [3.05, 3.63) is 66.5 Å². The number of benzene rings is 2. The van der Waals surface area contributed by atoms with E-state index in [0.29, 0.717) is 25.4 Å². The van der Waals surface area contributed by atoms with Gasteiger partial charge in [0, 0.05) is 50.7 Å². The molecule has 0 aliphatic carbocycles. The number of rotatable bonds is 8. The molecule has 0 radical (unpaired) electrons. The maximum atomic E-state index is 14.1. The lowest BCUT2D eigenvalue weighted by Crippen LogP contribution is -2.41. The van der Waals surface area contributed by atoms with E-state index in [1.807, 2.05) is 70.5 Å². The van der Waals surface area contributed by atoms with Gasteiger partial charge in [-0.1, -0.05) is 24.3 Å². The van der Waals surface area contributed by atoms with Gasteiger partial charge in [0.1, 0.15) is 24.6 Å². The number of amides is 2. The van der Waals surface area contributed by atoms with Crippen LogP contribution in [-0.4, -0.2) is 73.7 Å². The number of aromatic nitrogens is 2. The van der Waals surface area contributed by atoms with Crippen LogP contribution in [0.15, 0.2) is 60.9 Å². The van der Waals surface area contributed by atoms with E-state index >= 15 is 0 Å². The monoisotopic (exact) mass is 547 g/mol. The minimum absolute atomic E-state index is 0.00487. The van der Waals surface area contributed by atoms with Gasteiger partial charge in [0.15, 0.2) is 0 Å². The SMILES string of the molecule is CNC(=O)OCCN1CCCN(c2ccc(-c3cnn(C4CCCCO4)c3)cc2)C(=O)C1c1cccc(OC)c1. The molecule has 10 nitrogen and oxygen atoms in total.